The van der Waals surface area contributed by atoms with Gasteiger partial charge in [-0.25, -0.2) is 0 Å². The first kappa shape index (κ1) is 19.4. The molecule has 0 atom stereocenters. The third-order valence-electron chi connectivity index (χ3n) is 4.46. The number of hydrogen-bond donors (Lipinski definition) is 0. The molecule has 0 saturated carbocycles. The summed E-state index contributed by atoms with van der Waals surface area (Å²) in [6, 6.07) is 20.8. The number of aromatic nitrogens is 2. The van der Waals surface area contributed by atoms with Crippen LogP contribution in [0.25, 0.3) is 22.8 Å². The number of esters is 1. The van der Waals surface area contributed by atoms with E-state index in [4.69, 9.17) is 18.3 Å². The smallest absolute Gasteiger partial charge is 0.306 e. The van der Waals surface area contributed by atoms with E-state index in [-0.39, 0.29) is 24.9 Å². The number of benzene rings is 2. The summed E-state index contributed by atoms with van der Waals surface area (Å²) in [6.45, 7) is -0.0740. The maximum absolute atomic E-state index is 12.0. The van der Waals surface area contributed by atoms with Crippen molar-refractivity contribution in [2.24, 2.45) is 0 Å². The number of methoxy groups -OCH3 is 1. The number of hydrogen-bond acceptors (Lipinski definition) is 7. The molecule has 2 heterocycles. The number of nitrogens with zero attached hydrogens (tertiary/aromatic N) is 2. The van der Waals surface area contributed by atoms with E-state index in [0.717, 1.165) is 28.4 Å². The second kappa shape index (κ2) is 9.09. The largest absolute Gasteiger partial charge is 0.497 e. The van der Waals surface area contributed by atoms with Crippen LogP contribution in [0.5, 0.6) is 5.75 Å². The van der Waals surface area contributed by atoms with Gasteiger partial charge in [0.15, 0.2) is 6.61 Å². The molecular weight excluding hydrogens is 384 g/mol. The van der Waals surface area contributed by atoms with Gasteiger partial charge in [-0.05, 0) is 36.4 Å². The molecule has 0 aliphatic rings. The van der Waals surface area contributed by atoms with Crippen molar-refractivity contribution in [3.8, 4) is 28.5 Å². The van der Waals surface area contributed by atoms with E-state index in [1.165, 1.54) is 0 Å². The van der Waals surface area contributed by atoms with Crippen molar-refractivity contribution in [2.75, 3.05) is 7.11 Å². The molecule has 2 aromatic heterocycles. The van der Waals surface area contributed by atoms with Crippen LogP contribution in [0.2, 0.25) is 0 Å². The number of carbonyl (C=O) groups excluding carboxylic acids is 1. The Hall–Kier alpha value is -3.87. The van der Waals surface area contributed by atoms with E-state index in [9.17, 15) is 4.79 Å². The molecule has 0 radical (unpaired) electrons. The zero-order chi connectivity index (χ0) is 20.8. The van der Waals surface area contributed by atoms with Crippen LogP contribution >= 0.6 is 0 Å². The van der Waals surface area contributed by atoms with Gasteiger partial charge < -0.3 is 18.3 Å². The molecule has 0 aliphatic carbocycles. The summed E-state index contributed by atoms with van der Waals surface area (Å²) in [5.41, 5.74) is 1.75. The van der Waals surface area contributed by atoms with Crippen LogP contribution in [0.15, 0.2) is 75.6 Å². The van der Waals surface area contributed by atoms with E-state index in [1.807, 2.05) is 54.6 Å². The molecule has 152 valence electrons. The summed E-state index contributed by atoms with van der Waals surface area (Å²) in [4.78, 5) is 12.0. The Morgan fingerprint density at radius 1 is 0.900 bits per heavy atom. The lowest BCUT2D eigenvalue weighted by Gasteiger charge is -2.01. The molecule has 0 fully saturated rings. The van der Waals surface area contributed by atoms with Crippen molar-refractivity contribution in [1.29, 1.82) is 0 Å². The van der Waals surface area contributed by atoms with Gasteiger partial charge in [-0.15, -0.1) is 10.2 Å². The first-order chi connectivity index (χ1) is 14.7. The third kappa shape index (κ3) is 4.75. The van der Waals surface area contributed by atoms with Crippen LogP contribution in [0.3, 0.4) is 0 Å². The normalized spacial score (nSPS) is 10.7. The van der Waals surface area contributed by atoms with Gasteiger partial charge in [0.05, 0.1) is 13.5 Å². The topological polar surface area (TPSA) is 87.6 Å². The predicted octanol–water partition coefficient (Wildman–Crippen LogP) is 4.68. The summed E-state index contributed by atoms with van der Waals surface area (Å²) >= 11 is 0. The fourth-order valence-electron chi connectivity index (χ4n) is 2.87. The van der Waals surface area contributed by atoms with Crippen molar-refractivity contribution < 1.29 is 23.1 Å². The molecule has 0 spiro atoms. The Morgan fingerprint density at radius 3 is 2.47 bits per heavy atom. The Kier molecular flexibility index (Phi) is 5.89. The lowest BCUT2D eigenvalue weighted by molar-refractivity contribution is -0.145. The van der Waals surface area contributed by atoms with Crippen molar-refractivity contribution in [1.82, 2.24) is 10.2 Å². The molecule has 7 heteroatoms. The molecule has 4 rings (SSSR count). The Bertz CT molecular complexity index is 1100. The first-order valence-corrected chi connectivity index (χ1v) is 9.48. The fraction of sp³-hybridized carbons (Fsp3) is 0.174. The molecule has 0 amide bonds. The van der Waals surface area contributed by atoms with E-state index in [1.54, 1.807) is 19.2 Å². The molecule has 0 unspecified atom stereocenters. The fourth-order valence-corrected chi connectivity index (χ4v) is 2.87. The predicted molar refractivity (Wildman–Crippen MR) is 109 cm³/mol. The van der Waals surface area contributed by atoms with E-state index in [2.05, 4.69) is 10.2 Å². The Morgan fingerprint density at radius 2 is 1.70 bits per heavy atom. The zero-order valence-electron chi connectivity index (χ0n) is 16.4. The number of rotatable bonds is 8. The van der Waals surface area contributed by atoms with Crippen LogP contribution in [0.1, 0.15) is 18.1 Å². The molecule has 4 aromatic rings. The van der Waals surface area contributed by atoms with Gasteiger partial charge >= 0.3 is 5.97 Å². The van der Waals surface area contributed by atoms with Gasteiger partial charge in [-0.2, -0.15) is 0 Å². The number of aryl methyl sites for hydroxylation is 1. The van der Waals surface area contributed by atoms with Gasteiger partial charge in [0.2, 0.25) is 5.89 Å². The minimum Gasteiger partial charge on any atom is -0.497 e. The van der Waals surface area contributed by atoms with Crippen LogP contribution in [-0.2, 0) is 22.6 Å². The quantitative estimate of drug-likeness (QED) is 0.394. The summed E-state index contributed by atoms with van der Waals surface area (Å²) in [5.74, 6) is 2.46. The molecular formula is C23H20N2O5. The minimum atomic E-state index is -0.364. The average molecular weight is 404 g/mol. The van der Waals surface area contributed by atoms with Gasteiger partial charge in [0.25, 0.3) is 5.89 Å². The maximum atomic E-state index is 12.0. The molecule has 2 aromatic carbocycles. The van der Waals surface area contributed by atoms with Crippen molar-refractivity contribution in [2.45, 2.75) is 19.4 Å². The van der Waals surface area contributed by atoms with Crippen LogP contribution in [0, 0.1) is 0 Å². The second-order valence-electron chi connectivity index (χ2n) is 6.52. The van der Waals surface area contributed by atoms with Crippen LogP contribution in [-0.4, -0.2) is 23.3 Å². The van der Waals surface area contributed by atoms with Gasteiger partial charge in [0, 0.05) is 17.5 Å². The highest BCUT2D eigenvalue weighted by molar-refractivity contribution is 5.69. The highest BCUT2D eigenvalue weighted by atomic mass is 16.5. The van der Waals surface area contributed by atoms with E-state index < -0.39 is 0 Å². The minimum absolute atomic E-state index is 0.0740. The lowest BCUT2D eigenvalue weighted by Crippen LogP contribution is -2.05. The van der Waals surface area contributed by atoms with Gasteiger partial charge in [0.1, 0.15) is 17.3 Å². The van der Waals surface area contributed by atoms with E-state index in [0.29, 0.717) is 12.3 Å². The lowest BCUT2D eigenvalue weighted by atomic mass is 10.2. The number of ether oxygens (including phenoxy) is 2. The molecule has 0 aliphatic heterocycles. The monoisotopic (exact) mass is 404 g/mol. The summed E-state index contributed by atoms with van der Waals surface area (Å²) in [6.07, 6.45) is 0.647. The number of furan rings is 1. The second-order valence-corrected chi connectivity index (χ2v) is 6.52. The van der Waals surface area contributed by atoms with Gasteiger partial charge in [-0.3, -0.25) is 4.79 Å². The third-order valence-corrected chi connectivity index (χ3v) is 4.46. The average Bonchev–Trinajstić information content (AvgIpc) is 3.47. The highest BCUT2D eigenvalue weighted by Crippen LogP contribution is 2.23. The van der Waals surface area contributed by atoms with Crippen molar-refractivity contribution in [3.63, 3.8) is 0 Å². The first-order valence-electron chi connectivity index (χ1n) is 9.48. The molecule has 30 heavy (non-hydrogen) atoms. The SMILES string of the molecule is COc1ccc(-c2nnc(COC(=O)CCc3ccc(-c4ccccc4)o3)o2)cc1. The number of carbonyl (C=O) groups is 1. The Labute approximate surface area is 173 Å². The van der Waals surface area contributed by atoms with Crippen molar-refractivity contribution in [3.05, 3.63) is 78.4 Å². The molecule has 0 saturated heterocycles. The molecule has 7 nitrogen and oxygen atoms in total. The zero-order valence-corrected chi connectivity index (χ0v) is 16.4. The standard InChI is InChI=1S/C23H20N2O5/c1-27-18-9-7-17(8-10-18)23-25-24-21(30-23)15-28-22(26)14-12-19-11-13-20(29-19)16-5-3-2-4-6-16/h2-11,13H,12,14-15H2,1H3. The summed E-state index contributed by atoms with van der Waals surface area (Å²) in [5, 5.41) is 7.90. The van der Waals surface area contributed by atoms with E-state index >= 15 is 0 Å². The molecule has 0 bridgehead atoms. The van der Waals surface area contributed by atoms with Crippen LogP contribution < -0.4 is 4.74 Å². The molecule has 0 N–H and O–H groups in total. The maximum Gasteiger partial charge on any atom is 0.306 e. The summed E-state index contributed by atoms with van der Waals surface area (Å²) < 4.78 is 21.7. The van der Waals surface area contributed by atoms with Crippen LogP contribution in [0.4, 0.5) is 0 Å². The summed E-state index contributed by atoms with van der Waals surface area (Å²) in [7, 11) is 1.60. The van der Waals surface area contributed by atoms with Crippen molar-refractivity contribution >= 4 is 5.97 Å². The Balaban J connectivity index is 1.26. The van der Waals surface area contributed by atoms with Gasteiger partial charge in [-0.1, -0.05) is 30.3 Å². The highest BCUT2D eigenvalue weighted by Gasteiger charge is 2.12.